The number of fused-ring (bicyclic) bond motifs is 3. The van der Waals surface area contributed by atoms with E-state index in [1.165, 1.54) is 6.42 Å². The van der Waals surface area contributed by atoms with Crippen LogP contribution in [0.4, 0.5) is 0 Å². The molecule has 5 rings (SSSR count). The van der Waals surface area contributed by atoms with Crippen molar-refractivity contribution in [1.82, 2.24) is 30.3 Å². The number of piperidine rings is 2. The van der Waals surface area contributed by atoms with Gasteiger partial charge in [-0.15, -0.1) is 0 Å². The first kappa shape index (κ1) is 19.7. The molecule has 2 N–H and O–H groups in total. The van der Waals surface area contributed by atoms with E-state index < -0.39 is 0 Å². The van der Waals surface area contributed by atoms with Crippen LogP contribution in [0.5, 0.6) is 0 Å². The van der Waals surface area contributed by atoms with Crippen molar-refractivity contribution in [1.29, 1.82) is 0 Å². The Hall–Kier alpha value is -2.25. The van der Waals surface area contributed by atoms with Gasteiger partial charge in [-0.05, 0) is 57.7 Å². The van der Waals surface area contributed by atoms with E-state index >= 15 is 0 Å². The fourth-order valence-corrected chi connectivity index (χ4v) is 5.38. The molecule has 0 saturated carbocycles. The van der Waals surface area contributed by atoms with Crippen LogP contribution in [0, 0.1) is 11.8 Å². The highest BCUT2D eigenvalue weighted by Gasteiger charge is 2.34. The van der Waals surface area contributed by atoms with Crippen molar-refractivity contribution in [3.63, 3.8) is 0 Å². The molecule has 2 saturated heterocycles. The molecule has 0 aliphatic carbocycles. The van der Waals surface area contributed by atoms with Crippen molar-refractivity contribution < 1.29 is 4.79 Å². The lowest BCUT2D eigenvalue weighted by Gasteiger charge is -2.41. The van der Waals surface area contributed by atoms with Crippen LogP contribution in [-0.2, 0) is 11.3 Å². The summed E-state index contributed by atoms with van der Waals surface area (Å²) in [6.45, 7) is 6.88. The van der Waals surface area contributed by atoms with Crippen molar-refractivity contribution >= 4 is 5.91 Å². The molecule has 4 atom stereocenters. The van der Waals surface area contributed by atoms with Crippen LogP contribution in [-0.4, -0.2) is 57.8 Å². The van der Waals surface area contributed by atoms with Crippen LogP contribution < -0.4 is 10.6 Å². The lowest BCUT2D eigenvalue weighted by molar-refractivity contribution is -0.134. The maximum Gasteiger partial charge on any atom is 0.223 e. The van der Waals surface area contributed by atoms with Crippen molar-refractivity contribution in [3.05, 3.63) is 36.2 Å². The summed E-state index contributed by atoms with van der Waals surface area (Å²) in [6, 6.07) is 10.6. The van der Waals surface area contributed by atoms with Gasteiger partial charge in [0.15, 0.2) is 5.82 Å². The molecule has 7 nitrogen and oxygen atoms in total. The molecule has 30 heavy (non-hydrogen) atoms. The van der Waals surface area contributed by atoms with E-state index in [0.717, 1.165) is 61.5 Å². The monoisotopic (exact) mass is 408 g/mol. The second-order valence-electron chi connectivity index (χ2n) is 9.07. The normalized spacial score (nSPS) is 28.2. The average Bonchev–Trinajstić information content (AvgIpc) is 3.22. The second kappa shape index (κ2) is 8.47. The fourth-order valence-electron chi connectivity index (χ4n) is 5.38. The minimum Gasteiger partial charge on any atom is -0.331 e. The van der Waals surface area contributed by atoms with Gasteiger partial charge in [0.05, 0.1) is 12.6 Å². The number of rotatable bonds is 5. The summed E-state index contributed by atoms with van der Waals surface area (Å²) in [5.74, 6) is 3.38. The Morgan fingerprint density at radius 1 is 1.17 bits per heavy atom. The number of benzene rings is 1. The summed E-state index contributed by atoms with van der Waals surface area (Å²) in [5.41, 5.74) is 1.02. The van der Waals surface area contributed by atoms with Gasteiger partial charge in [-0.25, -0.2) is 9.67 Å². The Morgan fingerprint density at radius 2 is 2.03 bits per heavy atom. The van der Waals surface area contributed by atoms with Gasteiger partial charge in [0.1, 0.15) is 5.82 Å². The van der Waals surface area contributed by atoms with Gasteiger partial charge in [0.25, 0.3) is 0 Å². The Kier molecular flexibility index (Phi) is 5.56. The molecule has 0 unspecified atom stereocenters. The quantitative estimate of drug-likeness (QED) is 0.794. The Balaban J connectivity index is 1.18. The van der Waals surface area contributed by atoms with Gasteiger partial charge in [-0.2, -0.15) is 5.10 Å². The van der Waals surface area contributed by atoms with E-state index in [1.54, 1.807) is 0 Å². The van der Waals surface area contributed by atoms with Crippen molar-refractivity contribution in [2.75, 3.05) is 26.2 Å². The van der Waals surface area contributed by atoms with Crippen molar-refractivity contribution in [3.8, 4) is 11.4 Å². The summed E-state index contributed by atoms with van der Waals surface area (Å²) in [4.78, 5) is 19.7. The number of carbonyl (C=O) groups is 1. The molecular weight excluding hydrogens is 376 g/mol. The first-order valence-corrected chi connectivity index (χ1v) is 11.4. The van der Waals surface area contributed by atoms with Crippen LogP contribution in [0.3, 0.4) is 0 Å². The zero-order valence-electron chi connectivity index (χ0n) is 17.8. The third kappa shape index (κ3) is 3.88. The lowest BCUT2D eigenvalue weighted by atomic mass is 9.80. The van der Waals surface area contributed by atoms with Crippen LogP contribution >= 0.6 is 0 Å². The summed E-state index contributed by atoms with van der Waals surface area (Å²) in [6.07, 6.45) is 3.98. The van der Waals surface area contributed by atoms with E-state index in [-0.39, 0.29) is 11.9 Å². The topological polar surface area (TPSA) is 75.1 Å². The predicted molar refractivity (Wildman–Crippen MR) is 116 cm³/mol. The summed E-state index contributed by atoms with van der Waals surface area (Å²) in [5, 5.41) is 12.0. The van der Waals surface area contributed by atoms with E-state index in [0.29, 0.717) is 25.6 Å². The van der Waals surface area contributed by atoms with Gasteiger partial charge < -0.3 is 15.5 Å². The third-order valence-electron chi connectivity index (χ3n) is 7.07. The van der Waals surface area contributed by atoms with Crippen molar-refractivity contribution in [2.45, 2.75) is 51.2 Å². The molecule has 160 valence electrons. The molecule has 0 radical (unpaired) electrons. The van der Waals surface area contributed by atoms with Crippen LogP contribution in [0.2, 0.25) is 0 Å². The second-order valence-corrected chi connectivity index (χ2v) is 9.07. The predicted octanol–water partition coefficient (Wildman–Crippen LogP) is 2.22. The molecule has 3 aliphatic rings. The van der Waals surface area contributed by atoms with Gasteiger partial charge in [0, 0.05) is 24.6 Å². The average molecular weight is 409 g/mol. The first-order chi connectivity index (χ1) is 14.7. The maximum atomic E-state index is 13.0. The molecule has 7 heteroatoms. The highest BCUT2D eigenvalue weighted by molar-refractivity contribution is 5.76. The highest BCUT2D eigenvalue weighted by Crippen LogP contribution is 2.29. The summed E-state index contributed by atoms with van der Waals surface area (Å²) in [7, 11) is 0. The standard InChI is InChI=1S/C23H32N6O/c1-16-23-26-22(18-6-3-2-4-7-18)27-29(23)11-10-28(16)21(30)9-5-8-20-19-12-17(14-25-20)13-24-15-19/h2-4,6-7,16-17,19-20,24-25H,5,8-15H2,1H3/t16-,17-,19+,20-/m0/s1. The molecule has 1 aromatic carbocycles. The third-order valence-corrected chi connectivity index (χ3v) is 7.07. The minimum absolute atomic E-state index is 0.0349. The molecule has 1 amide bonds. The molecule has 0 spiro atoms. The number of amides is 1. The van der Waals surface area contributed by atoms with E-state index in [2.05, 4.69) is 22.7 Å². The van der Waals surface area contributed by atoms with Gasteiger partial charge in [-0.1, -0.05) is 30.3 Å². The van der Waals surface area contributed by atoms with Crippen LogP contribution in [0.15, 0.2) is 30.3 Å². The van der Waals surface area contributed by atoms with E-state index in [9.17, 15) is 4.79 Å². The molecular formula is C23H32N6O. The maximum absolute atomic E-state index is 13.0. The molecule has 4 heterocycles. The van der Waals surface area contributed by atoms with Crippen LogP contribution in [0.25, 0.3) is 11.4 Å². The molecule has 2 bridgehead atoms. The summed E-state index contributed by atoms with van der Waals surface area (Å²) < 4.78 is 1.97. The van der Waals surface area contributed by atoms with Crippen molar-refractivity contribution in [2.24, 2.45) is 11.8 Å². The number of hydrogen-bond donors (Lipinski definition) is 2. The first-order valence-electron chi connectivity index (χ1n) is 11.4. The summed E-state index contributed by atoms with van der Waals surface area (Å²) >= 11 is 0. The van der Waals surface area contributed by atoms with Gasteiger partial charge in [-0.3, -0.25) is 4.79 Å². The number of hydrogen-bond acceptors (Lipinski definition) is 5. The Bertz CT molecular complexity index is 881. The Morgan fingerprint density at radius 3 is 2.90 bits per heavy atom. The van der Waals surface area contributed by atoms with E-state index in [4.69, 9.17) is 4.98 Å². The number of nitrogens with zero attached hydrogens (tertiary/aromatic N) is 4. The number of aromatic nitrogens is 3. The smallest absolute Gasteiger partial charge is 0.223 e. The largest absolute Gasteiger partial charge is 0.331 e. The zero-order valence-corrected chi connectivity index (χ0v) is 17.8. The molecule has 3 aliphatic heterocycles. The van der Waals surface area contributed by atoms with Crippen LogP contribution in [0.1, 0.15) is 44.5 Å². The molecule has 2 fully saturated rings. The molecule has 1 aromatic heterocycles. The van der Waals surface area contributed by atoms with E-state index in [1.807, 2.05) is 39.9 Å². The minimum atomic E-state index is -0.0349. The zero-order chi connectivity index (χ0) is 20.5. The molecule has 2 aromatic rings. The highest BCUT2D eigenvalue weighted by atomic mass is 16.2. The fraction of sp³-hybridized carbons (Fsp3) is 0.609. The number of nitrogens with one attached hydrogen (secondary N) is 2. The van der Waals surface area contributed by atoms with Gasteiger partial charge >= 0.3 is 0 Å². The SMILES string of the molecule is C[C@H]1c2nc(-c3ccccc3)nn2CCN1C(=O)CCC[C@@H]1NC[C@@H]2CNC[C@H]1C2. The number of carbonyl (C=O) groups excluding carboxylic acids is 1. The lowest BCUT2D eigenvalue weighted by Crippen LogP contribution is -2.54. The van der Waals surface area contributed by atoms with Gasteiger partial charge in [0.2, 0.25) is 5.91 Å². The Labute approximate surface area is 178 Å².